The second kappa shape index (κ2) is 7.77. The molecule has 3 nitrogen and oxygen atoms in total. The van der Waals surface area contributed by atoms with Crippen LogP contribution in [0.25, 0.3) is 0 Å². The largest absolute Gasteiger partial charge is 0.319 e. The van der Waals surface area contributed by atoms with E-state index < -0.39 is 0 Å². The topological polar surface area (TPSA) is 18.5 Å². The lowest BCUT2D eigenvalue weighted by atomic mass is 10.1. The van der Waals surface area contributed by atoms with Gasteiger partial charge in [0.1, 0.15) is 0 Å². The van der Waals surface area contributed by atoms with Crippen LogP contribution in [0.15, 0.2) is 24.3 Å². The van der Waals surface area contributed by atoms with Gasteiger partial charge in [-0.3, -0.25) is 0 Å². The van der Waals surface area contributed by atoms with Gasteiger partial charge in [-0.1, -0.05) is 24.3 Å². The molecule has 0 bridgehead atoms. The molecule has 1 aliphatic heterocycles. The predicted molar refractivity (Wildman–Crippen MR) is 86.1 cm³/mol. The van der Waals surface area contributed by atoms with Gasteiger partial charge in [-0.2, -0.15) is 0 Å². The molecule has 20 heavy (non-hydrogen) atoms. The number of benzene rings is 1. The van der Waals surface area contributed by atoms with E-state index in [9.17, 15) is 0 Å². The van der Waals surface area contributed by atoms with Gasteiger partial charge < -0.3 is 15.1 Å². The Morgan fingerprint density at radius 1 is 1.25 bits per heavy atom. The van der Waals surface area contributed by atoms with Crippen molar-refractivity contribution in [2.45, 2.75) is 31.8 Å². The van der Waals surface area contributed by atoms with Gasteiger partial charge in [-0.05, 0) is 64.6 Å². The highest BCUT2D eigenvalue weighted by atomic mass is 15.2. The highest BCUT2D eigenvalue weighted by Gasteiger charge is 2.21. The van der Waals surface area contributed by atoms with Crippen molar-refractivity contribution in [1.29, 1.82) is 0 Å². The van der Waals surface area contributed by atoms with Crippen molar-refractivity contribution in [1.82, 2.24) is 15.1 Å². The van der Waals surface area contributed by atoms with Crippen molar-refractivity contribution in [3.05, 3.63) is 35.4 Å². The van der Waals surface area contributed by atoms with E-state index in [1.807, 2.05) is 7.05 Å². The fourth-order valence-electron chi connectivity index (χ4n) is 3.03. The standard InChI is InChI=1S/C17H29N3/c1-18-11-10-15-6-8-16(9-7-15)13-19(2)14-17-5-4-12-20(17)3/h6-9,17-18H,4-5,10-14H2,1-3H3. The number of hydrogen-bond acceptors (Lipinski definition) is 3. The summed E-state index contributed by atoms with van der Waals surface area (Å²) in [6, 6.07) is 9.83. The quantitative estimate of drug-likeness (QED) is 0.821. The minimum atomic E-state index is 0.745. The summed E-state index contributed by atoms with van der Waals surface area (Å²) in [4.78, 5) is 4.95. The molecule has 0 amide bonds. The zero-order valence-electron chi connectivity index (χ0n) is 13.2. The summed E-state index contributed by atoms with van der Waals surface area (Å²) in [5.74, 6) is 0. The maximum absolute atomic E-state index is 3.19. The molecule has 3 heteroatoms. The first kappa shape index (κ1) is 15.5. The second-order valence-corrected chi connectivity index (χ2v) is 6.14. The van der Waals surface area contributed by atoms with Crippen LogP contribution in [0.2, 0.25) is 0 Å². The molecule has 1 N–H and O–H groups in total. The van der Waals surface area contributed by atoms with Gasteiger partial charge in [-0.25, -0.2) is 0 Å². The van der Waals surface area contributed by atoms with Gasteiger partial charge >= 0.3 is 0 Å². The Bertz CT molecular complexity index is 388. The van der Waals surface area contributed by atoms with Crippen molar-refractivity contribution in [2.24, 2.45) is 0 Å². The summed E-state index contributed by atoms with van der Waals surface area (Å²) in [6.45, 7) is 4.54. The molecule has 0 spiro atoms. The molecule has 1 heterocycles. The number of likely N-dealkylation sites (N-methyl/N-ethyl adjacent to an activating group) is 3. The van der Waals surface area contributed by atoms with Crippen LogP contribution < -0.4 is 5.32 Å². The molecular formula is C17H29N3. The van der Waals surface area contributed by atoms with Crippen LogP contribution >= 0.6 is 0 Å². The average Bonchev–Trinajstić information content (AvgIpc) is 2.83. The van der Waals surface area contributed by atoms with Crippen molar-refractivity contribution < 1.29 is 0 Å². The minimum Gasteiger partial charge on any atom is -0.319 e. The summed E-state index contributed by atoms with van der Waals surface area (Å²) in [7, 11) is 6.49. The number of nitrogens with zero attached hydrogens (tertiary/aromatic N) is 2. The molecule has 1 aliphatic rings. The molecule has 1 unspecified atom stereocenters. The number of hydrogen-bond donors (Lipinski definition) is 1. The zero-order valence-corrected chi connectivity index (χ0v) is 13.2. The van der Waals surface area contributed by atoms with Gasteiger partial charge in [0.05, 0.1) is 0 Å². The van der Waals surface area contributed by atoms with Crippen LogP contribution in [0.4, 0.5) is 0 Å². The SMILES string of the molecule is CNCCc1ccc(CN(C)CC2CCCN2C)cc1. The Hall–Kier alpha value is -0.900. The normalized spacial score (nSPS) is 19.9. The lowest BCUT2D eigenvalue weighted by molar-refractivity contribution is 0.215. The highest BCUT2D eigenvalue weighted by Crippen LogP contribution is 2.16. The molecule has 1 aromatic carbocycles. The Kier molecular flexibility index (Phi) is 6.02. The van der Waals surface area contributed by atoms with Crippen LogP contribution in [0.1, 0.15) is 24.0 Å². The average molecular weight is 275 g/mol. The molecule has 1 fully saturated rings. The van der Waals surface area contributed by atoms with E-state index in [1.54, 1.807) is 0 Å². The summed E-state index contributed by atoms with van der Waals surface area (Å²) in [5.41, 5.74) is 2.84. The maximum Gasteiger partial charge on any atom is 0.0231 e. The fourth-order valence-corrected chi connectivity index (χ4v) is 3.03. The summed E-state index contributed by atoms with van der Waals surface area (Å²) >= 11 is 0. The van der Waals surface area contributed by atoms with Crippen molar-refractivity contribution in [3.8, 4) is 0 Å². The zero-order chi connectivity index (χ0) is 14.4. The molecule has 0 aliphatic carbocycles. The fraction of sp³-hybridized carbons (Fsp3) is 0.647. The molecule has 2 rings (SSSR count). The monoisotopic (exact) mass is 275 g/mol. The number of rotatable bonds is 7. The first-order valence-electron chi connectivity index (χ1n) is 7.80. The highest BCUT2D eigenvalue weighted by molar-refractivity contribution is 5.22. The number of nitrogens with one attached hydrogen (secondary N) is 1. The van der Waals surface area contributed by atoms with Gasteiger partial charge in [0.15, 0.2) is 0 Å². The first-order valence-corrected chi connectivity index (χ1v) is 7.80. The molecule has 0 radical (unpaired) electrons. The van der Waals surface area contributed by atoms with Crippen molar-refractivity contribution >= 4 is 0 Å². The predicted octanol–water partition coefficient (Wildman–Crippen LogP) is 1.97. The number of likely N-dealkylation sites (tertiary alicyclic amines) is 1. The van der Waals surface area contributed by atoms with Crippen molar-refractivity contribution in [3.63, 3.8) is 0 Å². The lowest BCUT2D eigenvalue weighted by Gasteiger charge is -2.25. The third-order valence-corrected chi connectivity index (χ3v) is 4.33. The van der Waals surface area contributed by atoms with E-state index in [2.05, 4.69) is 53.5 Å². The van der Waals surface area contributed by atoms with E-state index >= 15 is 0 Å². The molecule has 0 aromatic heterocycles. The van der Waals surface area contributed by atoms with Gasteiger partial charge in [-0.15, -0.1) is 0 Å². The third-order valence-electron chi connectivity index (χ3n) is 4.33. The lowest BCUT2D eigenvalue weighted by Crippen LogP contribution is -2.36. The molecular weight excluding hydrogens is 246 g/mol. The van der Waals surface area contributed by atoms with E-state index in [1.165, 1.54) is 37.1 Å². The van der Waals surface area contributed by atoms with E-state index in [-0.39, 0.29) is 0 Å². The molecule has 1 saturated heterocycles. The van der Waals surface area contributed by atoms with Crippen LogP contribution in [0.3, 0.4) is 0 Å². The Morgan fingerprint density at radius 2 is 1.95 bits per heavy atom. The summed E-state index contributed by atoms with van der Waals surface area (Å²) in [6.07, 6.45) is 3.82. The van der Waals surface area contributed by atoms with E-state index in [4.69, 9.17) is 0 Å². The Balaban J connectivity index is 1.80. The second-order valence-electron chi connectivity index (χ2n) is 6.14. The summed E-state index contributed by atoms with van der Waals surface area (Å²) < 4.78 is 0. The molecule has 0 saturated carbocycles. The van der Waals surface area contributed by atoms with Gasteiger partial charge in [0.25, 0.3) is 0 Å². The third kappa shape index (κ3) is 4.58. The first-order chi connectivity index (χ1) is 9.69. The van der Waals surface area contributed by atoms with Gasteiger partial charge in [0.2, 0.25) is 0 Å². The summed E-state index contributed by atoms with van der Waals surface area (Å²) in [5, 5.41) is 3.19. The van der Waals surface area contributed by atoms with Crippen LogP contribution in [-0.2, 0) is 13.0 Å². The molecule has 1 atom stereocenters. The van der Waals surface area contributed by atoms with E-state index in [0.29, 0.717) is 0 Å². The van der Waals surface area contributed by atoms with Crippen LogP contribution in [-0.4, -0.2) is 56.6 Å². The smallest absolute Gasteiger partial charge is 0.0231 e. The van der Waals surface area contributed by atoms with Crippen LogP contribution in [0, 0.1) is 0 Å². The molecule has 1 aromatic rings. The Labute approximate surface area is 124 Å². The molecule has 112 valence electrons. The Morgan fingerprint density at radius 3 is 2.55 bits per heavy atom. The maximum atomic E-state index is 3.19. The minimum absolute atomic E-state index is 0.745. The van der Waals surface area contributed by atoms with Crippen LogP contribution in [0.5, 0.6) is 0 Å². The van der Waals surface area contributed by atoms with Gasteiger partial charge in [0, 0.05) is 19.1 Å². The van der Waals surface area contributed by atoms with Crippen molar-refractivity contribution in [2.75, 3.05) is 40.8 Å². The van der Waals surface area contributed by atoms with E-state index in [0.717, 1.165) is 25.6 Å².